The second-order valence-electron chi connectivity index (χ2n) is 3.80. The van der Waals surface area contributed by atoms with Gasteiger partial charge in [0, 0.05) is 6.61 Å². The third-order valence-corrected chi connectivity index (χ3v) is 2.98. The van der Waals surface area contributed by atoms with E-state index in [1.54, 1.807) is 0 Å². The van der Waals surface area contributed by atoms with Crippen LogP contribution in [-0.4, -0.2) is 12.2 Å². The number of hydrogen-bond donors (Lipinski definition) is 0. The van der Waals surface area contributed by atoms with E-state index in [9.17, 15) is 0 Å². The third kappa shape index (κ3) is 1.07. The normalized spacial score (nSPS) is 36.3. The van der Waals surface area contributed by atoms with Crippen molar-refractivity contribution in [1.29, 1.82) is 0 Å². The molecule has 0 amide bonds. The SMILES string of the molecule is CC[C@@H]1CCOC2(CC2)C1. The average molecular weight is 140 g/mol. The molecule has 1 spiro atoms. The zero-order valence-corrected chi connectivity index (χ0v) is 6.73. The molecule has 1 saturated heterocycles. The first-order valence-electron chi connectivity index (χ1n) is 4.49. The summed E-state index contributed by atoms with van der Waals surface area (Å²) in [6.45, 7) is 3.32. The van der Waals surface area contributed by atoms with Gasteiger partial charge in [-0.25, -0.2) is 0 Å². The molecule has 1 nitrogen and oxygen atoms in total. The van der Waals surface area contributed by atoms with Gasteiger partial charge < -0.3 is 4.74 Å². The topological polar surface area (TPSA) is 9.23 Å². The molecule has 1 heteroatoms. The van der Waals surface area contributed by atoms with Gasteiger partial charge in [-0.3, -0.25) is 0 Å². The summed E-state index contributed by atoms with van der Waals surface area (Å²) in [6.07, 6.45) is 6.68. The van der Waals surface area contributed by atoms with Crippen LogP contribution in [0.1, 0.15) is 39.0 Å². The molecule has 0 radical (unpaired) electrons. The fraction of sp³-hybridized carbons (Fsp3) is 1.00. The van der Waals surface area contributed by atoms with E-state index in [4.69, 9.17) is 4.74 Å². The minimum atomic E-state index is 0.402. The molecule has 10 heavy (non-hydrogen) atoms. The van der Waals surface area contributed by atoms with Gasteiger partial charge in [0.2, 0.25) is 0 Å². The first-order chi connectivity index (χ1) is 4.85. The second-order valence-corrected chi connectivity index (χ2v) is 3.80. The summed E-state index contributed by atoms with van der Waals surface area (Å²) in [7, 11) is 0. The van der Waals surface area contributed by atoms with Crippen LogP contribution in [0.15, 0.2) is 0 Å². The number of hydrogen-bond acceptors (Lipinski definition) is 1. The zero-order chi connectivity index (χ0) is 7.03. The van der Waals surface area contributed by atoms with Gasteiger partial charge in [-0.05, 0) is 31.6 Å². The summed E-state index contributed by atoms with van der Waals surface area (Å²) in [5.41, 5.74) is 0.402. The van der Waals surface area contributed by atoms with Gasteiger partial charge in [0.15, 0.2) is 0 Å². The molecule has 0 aromatic heterocycles. The molecule has 2 rings (SSSR count). The molecule has 1 aliphatic heterocycles. The monoisotopic (exact) mass is 140 g/mol. The zero-order valence-electron chi connectivity index (χ0n) is 6.73. The van der Waals surface area contributed by atoms with Gasteiger partial charge in [0.25, 0.3) is 0 Å². The summed E-state index contributed by atoms with van der Waals surface area (Å²) in [5.74, 6) is 0.969. The van der Waals surface area contributed by atoms with E-state index in [0.717, 1.165) is 12.5 Å². The molecule has 2 fully saturated rings. The molecule has 0 bridgehead atoms. The van der Waals surface area contributed by atoms with Crippen molar-refractivity contribution >= 4 is 0 Å². The van der Waals surface area contributed by atoms with Crippen molar-refractivity contribution in [3.63, 3.8) is 0 Å². The molecular formula is C9H16O. The molecule has 0 unspecified atom stereocenters. The van der Waals surface area contributed by atoms with Gasteiger partial charge in [0.1, 0.15) is 0 Å². The molecule has 1 saturated carbocycles. The Morgan fingerprint density at radius 1 is 1.50 bits per heavy atom. The van der Waals surface area contributed by atoms with Crippen LogP contribution in [0.25, 0.3) is 0 Å². The maximum atomic E-state index is 5.71. The van der Waals surface area contributed by atoms with Crippen molar-refractivity contribution in [2.45, 2.75) is 44.6 Å². The summed E-state index contributed by atoms with van der Waals surface area (Å²) in [6, 6.07) is 0. The van der Waals surface area contributed by atoms with E-state index in [0.29, 0.717) is 5.60 Å². The fourth-order valence-corrected chi connectivity index (χ4v) is 1.97. The Balaban J connectivity index is 1.91. The Hall–Kier alpha value is -0.0400. The van der Waals surface area contributed by atoms with Crippen molar-refractivity contribution < 1.29 is 4.74 Å². The van der Waals surface area contributed by atoms with E-state index in [2.05, 4.69) is 6.92 Å². The molecule has 58 valence electrons. The minimum absolute atomic E-state index is 0.402. The Labute approximate surface area is 62.8 Å². The third-order valence-electron chi connectivity index (χ3n) is 2.98. The van der Waals surface area contributed by atoms with Crippen LogP contribution in [0.5, 0.6) is 0 Å². The minimum Gasteiger partial charge on any atom is -0.375 e. The van der Waals surface area contributed by atoms with E-state index < -0.39 is 0 Å². The standard InChI is InChI=1S/C9H16O/c1-2-8-3-6-10-9(7-8)4-5-9/h8H,2-7H2,1H3/t8-/m1/s1. The van der Waals surface area contributed by atoms with Crippen LogP contribution in [0.2, 0.25) is 0 Å². The Kier molecular flexibility index (Phi) is 1.48. The fourth-order valence-electron chi connectivity index (χ4n) is 1.97. The molecule has 0 aromatic carbocycles. The highest BCUT2D eigenvalue weighted by atomic mass is 16.5. The molecule has 1 aliphatic carbocycles. The van der Waals surface area contributed by atoms with Crippen LogP contribution in [0.3, 0.4) is 0 Å². The van der Waals surface area contributed by atoms with Crippen LogP contribution in [0, 0.1) is 5.92 Å². The van der Waals surface area contributed by atoms with E-state index in [1.807, 2.05) is 0 Å². The molecular weight excluding hydrogens is 124 g/mol. The molecule has 2 aliphatic rings. The molecule has 1 heterocycles. The van der Waals surface area contributed by atoms with E-state index >= 15 is 0 Å². The molecule has 0 aromatic rings. The lowest BCUT2D eigenvalue weighted by Crippen LogP contribution is -2.26. The van der Waals surface area contributed by atoms with Crippen molar-refractivity contribution in [1.82, 2.24) is 0 Å². The maximum absolute atomic E-state index is 5.71. The van der Waals surface area contributed by atoms with Gasteiger partial charge in [0.05, 0.1) is 5.60 Å². The summed E-state index contributed by atoms with van der Waals surface area (Å²) in [5, 5.41) is 0. The predicted octanol–water partition coefficient (Wildman–Crippen LogP) is 2.36. The lowest BCUT2D eigenvalue weighted by Gasteiger charge is -2.28. The van der Waals surface area contributed by atoms with Gasteiger partial charge in [-0.2, -0.15) is 0 Å². The first kappa shape index (κ1) is 6.66. The van der Waals surface area contributed by atoms with Crippen LogP contribution in [-0.2, 0) is 4.74 Å². The lowest BCUT2D eigenvalue weighted by molar-refractivity contribution is -0.0286. The van der Waals surface area contributed by atoms with Crippen molar-refractivity contribution in [2.75, 3.05) is 6.61 Å². The Morgan fingerprint density at radius 2 is 2.30 bits per heavy atom. The predicted molar refractivity (Wildman–Crippen MR) is 40.9 cm³/mol. The lowest BCUT2D eigenvalue weighted by atomic mass is 9.92. The van der Waals surface area contributed by atoms with E-state index in [1.165, 1.54) is 32.1 Å². The largest absolute Gasteiger partial charge is 0.375 e. The summed E-state index contributed by atoms with van der Waals surface area (Å²) in [4.78, 5) is 0. The van der Waals surface area contributed by atoms with E-state index in [-0.39, 0.29) is 0 Å². The van der Waals surface area contributed by atoms with Crippen LogP contribution >= 0.6 is 0 Å². The Morgan fingerprint density at radius 3 is 2.90 bits per heavy atom. The smallest absolute Gasteiger partial charge is 0.0687 e. The summed E-state index contributed by atoms with van der Waals surface area (Å²) >= 11 is 0. The molecule has 1 atom stereocenters. The maximum Gasteiger partial charge on any atom is 0.0687 e. The second kappa shape index (κ2) is 2.23. The summed E-state index contributed by atoms with van der Waals surface area (Å²) < 4.78 is 5.71. The van der Waals surface area contributed by atoms with Gasteiger partial charge in [-0.15, -0.1) is 0 Å². The highest BCUT2D eigenvalue weighted by Gasteiger charge is 2.47. The molecule has 0 N–H and O–H groups in total. The number of ether oxygens (including phenoxy) is 1. The van der Waals surface area contributed by atoms with Crippen molar-refractivity contribution in [3.8, 4) is 0 Å². The average Bonchev–Trinajstić information content (AvgIpc) is 2.70. The highest BCUT2D eigenvalue weighted by Crippen LogP contribution is 2.48. The quantitative estimate of drug-likeness (QED) is 0.543. The first-order valence-corrected chi connectivity index (χ1v) is 4.49. The number of rotatable bonds is 1. The van der Waals surface area contributed by atoms with Crippen molar-refractivity contribution in [2.24, 2.45) is 5.92 Å². The van der Waals surface area contributed by atoms with Gasteiger partial charge in [-0.1, -0.05) is 13.3 Å². The van der Waals surface area contributed by atoms with Crippen molar-refractivity contribution in [3.05, 3.63) is 0 Å². The van der Waals surface area contributed by atoms with Crippen LogP contribution in [0.4, 0.5) is 0 Å². The van der Waals surface area contributed by atoms with Gasteiger partial charge >= 0.3 is 0 Å². The Bertz CT molecular complexity index is 127. The van der Waals surface area contributed by atoms with Crippen LogP contribution < -0.4 is 0 Å². The highest BCUT2D eigenvalue weighted by molar-refractivity contribution is 4.98.